The lowest BCUT2D eigenvalue weighted by atomic mass is 9.67. The molecule has 1 rings (SSSR count). The SMILES string of the molecule is CCC(COC)(CN(C)C)C1CCCCC1. The van der Waals surface area contributed by atoms with Crippen LogP contribution in [-0.2, 0) is 4.74 Å². The number of nitrogens with zero attached hydrogens (tertiary/aromatic N) is 1. The zero-order valence-corrected chi connectivity index (χ0v) is 11.6. The minimum Gasteiger partial charge on any atom is -0.384 e. The Hall–Kier alpha value is -0.0800. The first-order valence-corrected chi connectivity index (χ1v) is 6.78. The van der Waals surface area contributed by atoms with Gasteiger partial charge >= 0.3 is 0 Å². The van der Waals surface area contributed by atoms with E-state index in [-0.39, 0.29) is 0 Å². The van der Waals surface area contributed by atoms with Crippen LogP contribution in [0.3, 0.4) is 0 Å². The van der Waals surface area contributed by atoms with E-state index in [2.05, 4.69) is 25.9 Å². The summed E-state index contributed by atoms with van der Waals surface area (Å²) < 4.78 is 5.53. The molecule has 1 unspecified atom stereocenters. The van der Waals surface area contributed by atoms with Crippen LogP contribution in [-0.4, -0.2) is 39.3 Å². The van der Waals surface area contributed by atoms with Gasteiger partial charge in [0, 0.05) is 19.1 Å². The van der Waals surface area contributed by atoms with Gasteiger partial charge in [-0.05, 0) is 39.3 Å². The molecule has 0 aromatic carbocycles. The highest BCUT2D eigenvalue weighted by Gasteiger charge is 2.38. The van der Waals surface area contributed by atoms with Gasteiger partial charge in [-0.2, -0.15) is 0 Å². The normalized spacial score (nSPS) is 22.3. The third kappa shape index (κ3) is 3.46. The largest absolute Gasteiger partial charge is 0.384 e. The summed E-state index contributed by atoms with van der Waals surface area (Å²) in [5.41, 5.74) is 0.388. The molecule has 1 fully saturated rings. The summed E-state index contributed by atoms with van der Waals surface area (Å²) in [6, 6.07) is 0. The first-order valence-electron chi connectivity index (χ1n) is 6.78. The average molecular weight is 227 g/mol. The van der Waals surface area contributed by atoms with Crippen LogP contribution in [0.15, 0.2) is 0 Å². The Kier molecular flexibility index (Phi) is 5.77. The Morgan fingerprint density at radius 2 is 1.81 bits per heavy atom. The molecule has 1 saturated carbocycles. The van der Waals surface area contributed by atoms with Crippen LogP contribution in [0.5, 0.6) is 0 Å². The van der Waals surface area contributed by atoms with Crippen LogP contribution in [0, 0.1) is 11.3 Å². The maximum Gasteiger partial charge on any atom is 0.0533 e. The maximum absolute atomic E-state index is 5.53. The summed E-state index contributed by atoms with van der Waals surface area (Å²) in [6.07, 6.45) is 8.33. The van der Waals surface area contributed by atoms with E-state index < -0.39 is 0 Å². The van der Waals surface area contributed by atoms with E-state index >= 15 is 0 Å². The monoisotopic (exact) mass is 227 g/mol. The fraction of sp³-hybridized carbons (Fsp3) is 1.00. The van der Waals surface area contributed by atoms with Crippen LogP contribution in [0.1, 0.15) is 45.4 Å². The van der Waals surface area contributed by atoms with Crippen molar-refractivity contribution in [3.63, 3.8) is 0 Å². The second kappa shape index (κ2) is 6.61. The van der Waals surface area contributed by atoms with Gasteiger partial charge in [-0.3, -0.25) is 0 Å². The molecule has 1 aliphatic rings. The summed E-state index contributed by atoms with van der Waals surface area (Å²) in [5, 5.41) is 0. The number of hydrogen-bond acceptors (Lipinski definition) is 2. The lowest BCUT2D eigenvalue weighted by Gasteiger charge is -2.43. The molecule has 96 valence electrons. The van der Waals surface area contributed by atoms with Crippen LogP contribution >= 0.6 is 0 Å². The summed E-state index contributed by atoms with van der Waals surface area (Å²) in [4.78, 5) is 2.33. The molecule has 2 nitrogen and oxygen atoms in total. The number of rotatable bonds is 6. The predicted molar refractivity (Wildman–Crippen MR) is 69.7 cm³/mol. The molecule has 1 aliphatic carbocycles. The van der Waals surface area contributed by atoms with E-state index in [9.17, 15) is 0 Å². The van der Waals surface area contributed by atoms with E-state index in [0.29, 0.717) is 5.41 Å². The Morgan fingerprint density at radius 1 is 1.19 bits per heavy atom. The van der Waals surface area contributed by atoms with Crippen LogP contribution in [0.25, 0.3) is 0 Å². The lowest BCUT2D eigenvalue weighted by Crippen LogP contribution is -2.44. The fourth-order valence-corrected chi connectivity index (χ4v) is 3.43. The van der Waals surface area contributed by atoms with Crippen molar-refractivity contribution in [2.75, 3.05) is 34.4 Å². The zero-order valence-electron chi connectivity index (χ0n) is 11.6. The fourth-order valence-electron chi connectivity index (χ4n) is 3.43. The molecular weight excluding hydrogens is 198 g/mol. The molecule has 0 aromatic heterocycles. The molecule has 2 heteroatoms. The molecular formula is C14H29NO. The maximum atomic E-state index is 5.53. The molecule has 0 radical (unpaired) electrons. The Balaban J connectivity index is 2.72. The molecule has 0 amide bonds. The Labute approximate surface area is 101 Å². The second-order valence-electron chi connectivity index (χ2n) is 5.72. The predicted octanol–water partition coefficient (Wildman–Crippen LogP) is 3.17. The van der Waals surface area contributed by atoms with Crippen molar-refractivity contribution in [1.29, 1.82) is 0 Å². The molecule has 16 heavy (non-hydrogen) atoms. The Morgan fingerprint density at radius 3 is 2.25 bits per heavy atom. The van der Waals surface area contributed by atoms with Crippen molar-refractivity contribution in [1.82, 2.24) is 4.90 Å². The van der Waals surface area contributed by atoms with Crippen molar-refractivity contribution in [3.05, 3.63) is 0 Å². The lowest BCUT2D eigenvalue weighted by molar-refractivity contribution is -0.00625. The number of hydrogen-bond donors (Lipinski definition) is 0. The molecule has 0 saturated heterocycles. The highest BCUT2D eigenvalue weighted by atomic mass is 16.5. The summed E-state index contributed by atoms with van der Waals surface area (Å²) in [5.74, 6) is 0.869. The van der Waals surface area contributed by atoms with Gasteiger partial charge in [0.2, 0.25) is 0 Å². The van der Waals surface area contributed by atoms with E-state index in [1.54, 1.807) is 0 Å². The summed E-state index contributed by atoms with van der Waals surface area (Å²) in [7, 11) is 6.22. The minimum absolute atomic E-state index is 0.388. The van der Waals surface area contributed by atoms with Gasteiger partial charge in [-0.1, -0.05) is 26.2 Å². The molecule has 0 heterocycles. The standard InChI is InChI=1S/C14H29NO/c1-5-14(12-16-4,11-15(2)3)13-9-7-6-8-10-13/h13H,5-12H2,1-4H3. The zero-order chi connectivity index (χ0) is 12.0. The summed E-state index contributed by atoms with van der Waals surface area (Å²) >= 11 is 0. The summed E-state index contributed by atoms with van der Waals surface area (Å²) in [6.45, 7) is 4.42. The number of methoxy groups -OCH3 is 1. The highest BCUT2D eigenvalue weighted by Crippen LogP contribution is 2.41. The van der Waals surface area contributed by atoms with Crippen molar-refractivity contribution >= 4 is 0 Å². The van der Waals surface area contributed by atoms with Crippen molar-refractivity contribution < 1.29 is 4.74 Å². The van der Waals surface area contributed by atoms with Crippen molar-refractivity contribution in [2.24, 2.45) is 11.3 Å². The average Bonchev–Trinajstić information content (AvgIpc) is 2.29. The van der Waals surface area contributed by atoms with E-state index in [0.717, 1.165) is 12.5 Å². The van der Waals surface area contributed by atoms with Gasteiger partial charge < -0.3 is 9.64 Å². The van der Waals surface area contributed by atoms with Gasteiger partial charge in [0.1, 0.15) is 0 Å². The molecule has 0 aliphatic heterocycles. The van der Waals surface area contributed by atoms with Gasteiger partial charge in [-0.15, -0.1) is 0 Å². The topological polar surface area (TPSA) is 12.5 Å². The van der Waals surface area contributed by atoms with Crippen molar-refractivity contribution in [3.8, 4) is 0 Å². The second-order valence-corrected chi connectivity index (χ2v) is 5.72. The first kappa shape index (κ1) is 14.0. The van der Waals surface area contributed by atoms with Crippen LogP contribution in [0.4, 0.5) is 0 Å². The van der Waals surface area contributed by atoms with Gasteiger partial charge in [0.25, 0.3) is 0 Å². The van der Waals surface area contributed by atoms with E-state index in [1.807, 2.05) is 7.11 Å². The highest BCUT2D eigenvalue weighted by molar-refractivity contribution is 4.89. The molecule has 0 bridgehead atoms. The third-order valence-corrected chi connectivity index (χ3v) is 4.24. The quantitative estimate of drug-likeness (QED) is 0.691. The smallest absolute Gasteiger partial charge is 0.0533 e. The molecule has 0 N–H and O–H groups in total. The van der Waals surface area contributed by atoms with E-state index in [1.165, 1.54) is 45.1 Å². The van der Waals surface area contributed by atoms with Crippen molar-refractivity contribution in [2.45, 2.75) is 45.4 Å². The van der Waals surface area contributed by atoms with Crippen LogP contribution in [0.2, 0.25) is 0 Å². The van der Waals surface area contributed by atoms with Gasteiger partial charge in [0.05, 0.1) is 6.61 Å². The van der Waals surface area contributed by atoms with Gasteiger partial charge in [0.15, 0.2) is 0 Å². The van der Waals surface area contributed by atoms with E-state index in [4.69, 9.17) is 4.74 Å². The minimum atomic E-state index is 0.388. The number of ether oxygens (including phenoxy) is 1. The van der Waals surface area contributed by atoms with Crippen LogP contribution < -0.4 is 0 Å². The molecule has 1 atom stereocenters. The van der Waals surface area contributed by atoms with Gasteiger partial charge in [-0.25, -0.2) is 0 Å². The molecule has 0 spiro atoms. The first-order chi connectivity index (χ1) is 7.64. The Bertz CT molecular complexity index is 187. The third-order valence-electron chi connectivity index (χ3n) is 4.24. The molecule has 0 aromatic rings.